The van der Waals surface area contributed by atoms with E-state index in [9.17, 15) is 18.0 Å². The van der Waals surface area contributed by atoms with Crippen molar-refractivity contribution in [1.29, 1.82) is 0 Å². The fourth-order valence-electron chi connectivity index (χ4n) is 3.35. The van der Waals surface area contributed by atoms with Gasteiger partial charge in [-0.25, -0.2) is 14.8 Å². The van der Waals surface area contributed by atoms with E-state index in [-0.39, 0.29) is 18.0 Å². The summed E-state index contributed by atoms with van der Waals surface area (Å²) >= 11 is 0. The highest BCUT2D eigenvalue weighted by Crippen LogP contribution is 2.30. The third-order valence-corrected chi connectivity index (χ3v) is 4.67. The third kappa shape index (κ3) is 4.37. The van der Waals surface area contributed by atoms with Gasteiger partial charge in [0.2, 0.25) is 5.82 Å². The van der Waals surface area contributed by atoms with Crippen LogP contribution >= 0.6 is 0 Å². The number of hydrogen-bond acceptors (Lipinski definition) is 3. The van der Waals surface area contributed by atoms with Crippen molar-refractivity contribution in [2.75, 3.05) is 13.1 Å². The van der Waals surface area contributed by atoms with Gasteiger partial charge < -0.3 is 10.2 Å². The largest absolute Gasteiger partial charge is 0.451 e. The molecule has 3 rings (SSSR count). The topological polar surface area (TPSA) is 58.1 Å². The van der Waals surface area contributed by atoms with Gasteiger partial charge in [-0.3, -0.25) is 0 Å². The molecule has 0 spiro atoms. The highest BCUT2D eigenvalue weighted by Gasteiger charge is 2.34. The van der Waals surface area contributed by atoms with Crippen molar-refractivity contribution >= 4 is 6.03 Å². The van der Waals surface area contributed by atoms with Crippen molar-refractivity contribution in [3.05, 3.63) is 59.2 Å². The second-order valence-electron chi connectivity index (χ2n) is 7.28. The Morgan fingerprint density at radius 1 is 1.22 bits per heavy atom. The summed E-state index contributed by atoms with van der Waals surface area (Å²) in [5, 5.41) is 2.74. The van der Waals surface area contributed by atoms with Crippen LogP contribution in [0.3, 0.4) is 0 Å². The molecular weight excluding hydrogens is 357 g/mol. The number of amides is 2. The molecule has 144 valence electrons. The molecule has 8 heteroatoms. The summed E-state index contributed by atoms with van der Waals surface area (Å²) in [6.45, 7) is 5.40. The molecule has 0 aliphatic carbocycles. The average molecular weight is 378 g/mol. The number of nitrogens with zero attached hydrogens (tertiary/aromatic N) is 3. The van der Waals surface area contributed by atoms with E-state index in [1.54, 1.807) is 4.90 Å². The lowest BCUT2D eigenvalue weighted by molar-refractivity contribution is -0.145. The summed E-state index contributed by atoms with van der Waals surface area (Å²) in [7, 11) is 0. The van der Waals surface area contributed by atoms with Gasteiger partial charge in [0.05, 0.1) is 0 Å². The van der Waals surface area contributed by atoms with Crippen LogP contribution in [0.15, 0.2) is 36.7 Å². The highest BCUT2D eigenvalue weighted by atomic mass is 19.4. The summed E-state index contributed by atoms with van der Waals surface area (Å²) in [6.07, 6.45) is -1.65. The fraction of sp³-hybridized carbons (Fsp3) is 0.421. The minimum absolute atomic E-state index is 0.0703. The lowest BCUT2D eigenvalue weighted by atomic mass is 9.82. The van der Waals surface area contributed by atoms with Crippen LogP contribution in [0.25, 0.3) is 0 Å². The molecule has 0 bridgehead atoms. The van der Waals surface area contributed by atoms with Crippen molar-refractivity contribution in [3.8, 4) is 0 Å². The predicted molar refractivity (Wildman–Crippen MR) is 94.0 cm³/mol. The summed E-state index contributed by atoms with van der Waals surface area (Å²) < 4.78 is 37.5. The molecule has 0 unspecified atom stereocenters. The van der Waals surface area contributed by atoms with Crippen LogP contribution in [0.1, 0.15) is 36.4 Å². The summed E-state index contributed by atoms with van der Waals surface area (Å²) in [6, 6.07) is 7.92. The number of urea groups is 1. The standard InChI is InChI=1S/C19H21F3N4O/c1-18(2)12-26(8-7-14-5-3-4-6-15(14)18)17(27)25-11-13-9-23-16(24-10-13)19(20,21)22/h3-6,9-10H,7-8,11-12H2,1-2H3,(H,25,27). The van der Waals surface area contributed by atoms with Crippen molar-refractivity contribution < 1.29 is 18.0 Å². The lowest BCUT2D eigenvalue weighted by Gasteiger charge is -2.31. The predicted octanol–water partition coefficient (Wildman–Crippen LogP) is 3.54. The van der Waals surface area contributed by atoms with Gasteiger partial charge >= 0.3 is 12.2 Å². The lowest BCUT2D eigenvalue weighted by Crippen LogP contribution is -2.45. The molecule has 0 radical (unpaired) electrons. The van der Waals surface area contributed by atoms with Gasteiger partial charge in [-0.1, -0.05) is 38.1 Å². The molecule has 27 heavy (non-hydrogen) atoms. The second kappa shape index (κ2) is 7.17. The zero-order valence-corrected chi connectivity index (χ0v) is 15.2. The Labute approximate surface area is 155 Å². The molecule has 2 aromatic rings. The number of rotatable bonds is 2. The quantitative estimate of drug-likeness (QED) is 0.870. The monoisotopic (exact) mass is 378 g/mol. The Kier molecular flexibility index (Phi) is 5.08. The van der Waals surface area contributed by atoms with Gasteiger partial charge in [0.15, 0.2) is 0 Å². The van der Waals surface area contributed by atoms with E-state index < -0.39 is 12.0 Å². The molecule has 0 atom stereocenters. The van der Waals surface area contributed by atoms with Gasteiger partial charge in [0.1, 0.15) is 0 Å². The Morgan fingerprint density at radius 3 is 2.56 bits per heavy atom. The molecule has 1 aromatic heterocycles. The first-order valence-corrected chi connectivity index (χ1v) is 8.66. The van der Waals surface area contributed by atoms with E-state index in [4.69, 9.17) is 0 Å². The number of nitrogens with one attached hydrogen (secondary N) is 1. The zero-order chi connectivity index (χ0) is 19.7. The van der Waals surface area contributed by atoms with Crippen LogP contribution in [0.4, 0.5) is 18.0 Å². The number of hydrogen-bond donors (Lipinski definition) is 1. The van der Waals surface area contributed by atoms with E-state index in [0.29, 0.717) is 18.7 Å². The van der Waals surface area contributed by atoms with E-state index in [1.807, 2.05) is 12.1 Å². The SMILES string of the molecule is CC1(C)CN(C(=O)NCc2cnc(C(F)(F)F)nc2)CCc2ccccc21. The Balaban J connectivity index is 1.63. The minimum atomic E-state index is -4.57. The maximum atomic E-state index is 12.6. The first kappa shape index (κ1) is 19.1. The molecule has 0 fully saturated rings. The van der Waals surface area contributed by atoms with Crippen molar-refractivity contribution in [1.82, 2.24) is 20.2 Å². The molecule has 1 aromatic carbocycles. The van der Waals surface area contributed by atoms with Gasteiger partial charge in [0, 0.05) is 43.0 Å². The normalized spacial score (nSPS) is 16.4. The molecule has 2 amide bonds. The number of benzene rings is 1. The maximum Gasteiger partial charge on any atom is 0.451 e. The smallest absolute Gasteiger partial charge is 0.334 e. The molecule has 0 saturated heterocycles. The Bertz CT molecular complexity index is 818. The van der Waals surface area contributed by atoms with E-state index >= 15 is 0 Å². The Hall–Kier alpha value is -2.64. The first-order chi connectivity index (χ1) is 12.7. The molecule has 1 N–H and O–H groups in total. The van der Waals surface area contributed by atoms with Crippen LogP contribution in [0, 0.1) is 0 Å². The second-order valence-corrected chi connectivity index (χ2v) is 7.28. The van der Waals surface area contributed by atoms with Crippen LogP contribution < -0.4 is 5.32 Å². The minimum Gasteiger partial charge on any atom is -0.334 e. The van der Waals surface area contributed by atoms with Crippen LogP contribution in [0.5, 0.6) is 0 Å². The van der Waals surface area contributed by atoms with E-state index in [2.05, 4.69) is 41.3 Å². The van der Waals surface area contributed by atoms with Crippen molar-refractivity contribution in [2.45, 2.75) is 38.4 Å². The summed E-state index contributed by atoms with van der Waals surface area (Å²) in [5.41, 5.74) is 2.68. The average Bonchev–Trinajstić information content (AvgIpc) is 2.76. The van der Waals surface area contributed by atoms with Crippen molar-refractivity contribution in [3.63, 3.8) is 0 Å². The van der Waals surface area contributed by atoms with Crippen LogP contribution in [-0.2, 0) is 24.6 Å². The highest BCUT2D eigenvalue weighted by molar-refractivity contribution is 5.74. The summed E-state index contributed by atoms with van der Waals surface area (Å²) in [5.74, 6) is -1.19. The van der Waals surface area contributed by atoms with Crippen LogP contribution in [0.2, 0.25) is 0 Å². The van der Waals surface area contributed by atoms with E-state index in [1.165, 1.54) is 11.1 Å². The number of carbonyl (C=O) groups excluding carboxylic acids is 1. The zero-order valence-electron chi connectivity index (χ0n) is 15.2. The van der Waals surface area contributed by atoms with Gasteiger partial charge in [-0.05, 0) is 17.5 Å². The molecular formula is C19H21F3N4O. The van der Waals surface area contributed by atoms with E-state index in [0.717, 1.165) is 18.8 Å². The third-order valence-electron chi connectivity index (χ3n) is 4.67. The molecule has 5 nitrogen and oxygen atoms in total. The number of carbonyl (C=O) groups is 1. The fourth-order valence-corrected chi connectivity index (χ4v) is 3.35. The van der Waals surface area contributed by atoms with Crippen LogP contribution in [-0.4, -0.2) is 34.0 Å². The molecule has 0 saturated carbocycles. The number of halogens is 3. The number of aromatic nitrogens is 2. The molecule has 1 aliphatic heterocycles. The van der Waals surface area contributed by atoms with Gasteiger partial charge in [-0.15, -0.1) is 0 Å². The number of alkyl halides is 3. The van der Waals surface area contributed by atoms with Crippen molar-refractivity contribution in [2.24, 2.45) is 0 Å². The first-order valence-electron chi connectivity index (χ1n) is 8.66. The summed E-state index contributed by atoms with van der Waals surface area (Å²) in [4.78, 5) is 20.9. The number of fused-ring (bicyclic) bond motifs is 1. The Morgan fingerprint density at radius 2 is 1.89 bits per heavy atom. The molecule has 1 aliphatic rings. The maximum absolute atomic E-state index is 12.6. The van der Waals surface area contributed by atoms with Gasteiger partial charge in [0.25, 0.3) is 0 Å². The molecule has 2 heterocycles. The van der Waals surface area contributed by atoms with Gasteiger partial charge in [-0.2, -0.15) is 13.2 Å².